The molecule has 0 fully saturated rings. The average Bonchev–Trinajstić information content (AvgIpc) is 0.837. The summed E-state index contributed by atoms with van der Waals surface area (Å²) in [4.78, 5) is 74.7. The first-order valence-corrected chi connectivity index (χ1v) is 41.6. The van der Waals surface area contributed by atoms with Gasteiger partial charge in [-0.3, -0.25) is 29.0 Å². The zero-order chi connectivity index (χ0) is 86.1. The Morgan fingerprint density at radius 1 is 0.262 bits per heavy atom. The lowest BCUT2D eigenvalue weighted by atomic mass is 10.0. The van der Waals surface area contributed by atoms with Gasteiger partial charge in [-0.2, -0.15) is 22.5 Å². The van der Waals surface area contributed by atoms with Gasteiger partial charge in [0.05, 0.1) is 0 Å². The number of halogens is 5. The van der Waals surface area contributed by atoms with Gasteiger partial charge < -0.3 is 15.3 Å². The normalized spacial score (nSPS) is 10.6. The van der Waals surface area contributed by atoms with E-state index in [0.717, 1.165) is 142 Å². The van der Waals surface area contributed by atoms with Crippen molar-refractivity contribution in [1.82, 2.24) is 19.9 Å². The molecule has 0 spiro atoms. The highest BCUT2D eigenvalue weighted by molar-refractivity contribution is 9.10. The number of nitrogens with zero attached hydrogens (tertiary/aromatic N) is 4. The summed E-state index contributed by atoms with van der Waals surface area (Å²) in [5.74, 6) is -0.822. The van der Waals surface area contributed by atoms with Crippen molar-refractivity contribution in [1.29, 1.82) is 0 Å². The molecular weight excluding hydrogens is 1600 g/mol. The highest BCUT2D eigenvalue weighted by Gasteiger charge is 2.14. The van der Waals surface area contributed by atoms with E-state index in [9.17, 15) is 56.9 Å². The molecule has 620 valence electrons. The molecule has 17 heteroatoms. The third-order valence-electron chi connectivity index (χ3n) is 20.1. The molecule has 14 aromatic rings. The van der Waals surface area contributed by atoms with E-state index in [1.54, 1.807) is 109 Å². The van der Waals surface area contributed by atoms with E-state index in [2.05, 4.69) is 72.3 Å². The minimum atomic E-state index is -0.843. The Balaban J connectivity index is 0.000000161. The highest BCUT2D eigenvalue weighted by atomic mass is 79.9. The third kappa shape index (κ3) is 32.8. The molecule has 12 nitrogen and oxygen atoms in total. The number of rotatable bonds is 34. The molecule has 4 aromatic heterocycles. The van der Waals surface area contributed by atoms with Crippen molar-refractivity contribution in [2.75, 3.05) is 0 Å². The van der Waals surface area contributed by atoms with Gasteiger partial charge in [-0.25, -0.2) is 9.97 Å². The number of aryl methyl sites for hydroxylation is 5. The van der Waals surface area contributed by atoms with Crippen LogP contribution in [0.3, 0.4) is 0 Å². The molecule has 3 N–H and O–H groups in total. The van der Waals surface area contributed by atoms with Gasteiger partial charge in [-0.1, -0.05) is 228 Å². The van der Waals surface area contributed by atoms with Crippen molar-refractivity contribution in [3.63, 3.8) is 0 Å². The SMILES string of the molecule is O=C(CCCc1ccc(-c2ccc(F)nc2)cc1)Cc1ccc(O)cc1.O=C(CCCc1ccc(-c2ccc(F)nc2F)cc1)Cc1ccc(O)cc1.O=C(CCCc1ccc(-c2cccnc2)cc1)Cc1ccc(O)cc1.O=C(CCCc1ccc(-c2cccnc2F)cc1)Cc1ccccc1.O=C(CCCc1ccc(Br)cc1)Cc1ccccc1. The van der Waals surface area contributed by atoms with Crippen LogP contribution in [0.1, 0.15) is 120 Å². The van der Waals surface area contributed by atoms with E-state index >= 15 is 0 Å². The predicted octanol–water partition coefficient (Wildman–Crippen LogP) is 23.8. The molecule has 0 aliphatic carbocycles. The summed E-state index contributed by atoms with van der Waals surface area (Å²) in [5.41, 5.74) is 17.2. The molecular formula is C105H97BrF4N4O8. The van der Waals surface area contributed by atoms with E-state index in [4.69, 9.17) is 0 Å². The Kier molecular flexibility index (Phi) is 36.8. The molecule has 0 unspecified atom stereocenters. The second-order valence-electron chi connectivity index (χ2n) is 29.7. The number of carbonyl (C=O) groups is 5. The van der Waals surface area contributed by atoms with Gasteiger partial charge in [0.2, 0.25) is 23.8 Å². The summed E-state index contributed by atoms with van der Waals surface area (Å²) < 4.78 is 54.3. The minimum Gasteiger partial charge on any atom is -0.508 e. The number of hydrogen-bond donors (Lipinski definition) is 3. The quantitative estimate of drug-likeness (QED) is 0.0255. The molecule has 0 bridgehead atoms. The first-order chi connectivity index (χ1) is 59.3. The molecule has 0 saturated heterocycles. The molecule has 0 aliphatic heterocycles. The minimum absolute atomic E-state index is 0.150. The van der Waals surface area contributed by atoms with Gasteiger partial charge in [-0.05, 0) is 239 Å². The Morgan fingerprint density at radius 2 is 0.566 bits per heavy atom. The first-order valence-electron chi connectivity index (χ1n) is 40.8. The van der Waals surface area contributed by atoms with Crippen LogP contribution in [0, 0.1) is 23.8 Å². The van der Waals surface area contributed by atoms with Crippen LogP contribution < -0.4 is 0 Å². The van der Waals surface area contributed by atoms with Crippen LogP contribution in [-0.2, 0) is 88.2 Å². The van der Waals surface area contributed by atoms with Crippen molar-refractivity contribution < 1.29 is 56.9 Å². The number of benzene rings is 10. The Bertz CT molecular complexity index is 5550. The number of Topliss-reactive ketones (excluding diaryl/α,β-unsaturated/α-hetero) is 5. The molecule has 10 aromatic carbocycles. The van der Waals surface area contributed by atoms with Crippen molar-refractivity contribution in [2.45, 2.75) is 128 Å². The molecule has 0 aliphatic rings. The van der Waals surface area contributed by atoms with Crippen LogP contribution in [-0.4, -0.2) is 64.2 Å². The molecule has 0 amide bonds. The van der Waals surface area contributed by atoms with Crippen molar-refractivity contribution >= 4 is 44.8 Å². The fourth-order valence-corrected chi connectivity index (χ4v) is 13.7. The zero-order valence-corrected chi connectivity index (χ0v) is 69.5. The second kappa shape index (κ2) is 49.3. The van der Waals surface area contributed by atoms with E-state index in [1.165, 1.54) is 41.2 Å². The van der Waals surface area contributed by atoms with Gasteiger partial charge in [0.25, 0.3) is 0 Å². The summed E-state index contributed by atoms with van der Waals surface area (Å²) in [6, 6.07) is 92.8. The summed E-state index contributed by atoms with van der Waals surface area (Å²) in [6.45, 7) is 0. The Hall–Kier alpha value is -13.3. The Labute approximate surface area is 719 Å². The fraction of sp³-hybridized carbons (Fsp3) is 0.190. The largest absolute Gasteiger partial charge is 0.508 e. The lowest BCUT2D eigenvalue weighted by Gasteiger charge is -2.06. The zero-order valence-electron chi connectivity index (χ0n) is 67.9. The first kappa shape index (κ1) is 91.1. The van der Waals surface area contributed by atoms with Crippen LogP contribution in [0.2, 0.25) is 0 Å². The summed E-state index contributed by atoms with van der Waals surface area (Å²) in [5, 5.41) is 27.8. The standard InChI is InChI=1S/C22H19F2NO2.C22H20FNO2.C22H20FNO.C22H21NO2.C17H17BrO/c23-21-13-12-20(22(24)25-21)17-8-4-15(5-9-17)2-1-3-19(27)14-16-6-10-18(26)11-7-16;23-22-13-10-19(15-24-22)18-8-4-16(5-9-18)2-1-3-21(26)14-17-6-11-20(25)12-7-17;23-22-21(10-5-15-24-22)19-13-11-17(12-14-19)8-4-9-20(25)16-18-6-2-1-3-7-18;24-21-12-8-18(9-13-21)15-22(25)5-1-3-17-6-10-19(11-7-17)20-4-2-14-23-16-20;18-16-11-9-14(10-12-16)7-4-8-17(19)13-15-5-2-1-3-6-15/h4-13,26H,1-3,14H2;4-13,15,25H,1-3,14H2;1-3,5-7,10-15H,4,8-9,16H2;2,4,6-14,16,24H,1,3,5,15H2;1-3,5-6,9-12H,4,7-8,13H2. The van der Waals surface area contributed by atoms with Gasteiger partial charge in [0.15, 0.2) is 0 Å². The molecule has 4 heterocycles. The number of carbonyl (C=O) groups excluding carboxylic acids is 5. The number of ketones is 5. The highest BCUT2D eigenvalue weighted by Crippen LogP contribution is 2.27. The summed E-state index contributed by atoms with van der Waals surface area (Å²) in [7, 11) is 0. The number of hydrogen-bond acceptors (Lipinski definition) is 12. The average molecular weight is 1700 g/mol. The maximum Gasteiger partial charge on any atom is 0.223 e. The molecule has 0 atom stereocenters. The van der Waals surface area contributed by atoms with Crippen LogP contribution >= 0.6 is 15.9 Å². The van der Waals surface area contributed by atoms with Crippen LogP contribution in [0.15, 0.2) is 333 Å². The molecule has 0 radical (unpaired) electrons. The number of pyridine rings is 4. The molecule has 122 heavy (non-hydrogen) atoms. The number of phenols is 3. The number of aromatic nitrogens is 4. The second-order valence-corrected chi connectivity index (χ2v) is 30.6. The van der Waals surface area contributed by atoms with Crippen molar-refractivity contribution in [3.8, 4) is 61.8 Å². The van der Waals surface area contributed by atoms with Crippen LogP contribution in [0.25, 0.3) is 44.5 Å². The van der Waals surface area contributed by atoms with Crippen molar-refractivity contribution in [2.24, 2.45) is 0 Å². The van der Waals surface area contributed by atoms with E-state index in [1.807, 2.05) is 152 Å². The van der Waals surface area contributed by atoms with Crippen LogP contribution in [0.5, 0.6) is 17.2 Å². The topological polar surface area (TPSA) is 198 Å². The third-order valence-corrected chi connectivity index (χ3v) is 20.6. The van der Waals surface area contributed by atoms with Gasteiger partial charge in [0, 0.05) is 110 Å². The fourth-order valence-electron chi connectivity index (χ4n) is 13.5. The molecule has 14 rings (SSSR count). The number of phenolic OH excluding ortho intramolecular Hbond substituents is 3. The number of aromatic hydroxyl groups is 3. The maximum absolute atomic E-state index is 13.7. The van der Waals surface area contributed by atoms with E-state index in [0.29, 0.717) is 81.1 Å². The lowest BCUT2D eigenvalue weighted by molar-refractivity contribution is -0.119. The summed E-state index contributed by atoms with van der Waals surface area (Å²) in [6.07, 6.45) is 20.1. The predicted molar refractivity (Wildman–Crippen MR) is 478 cm³/mol. The van der Waals surface area contributed by atoms with Gasteiger partial charge >= 0.3 is 0 Å². The lowest BCUT2D eigenvalue weighted by Crippen LogP contribution is -2.03. The maximum atomic E-state index is 13.7. The monoisotopic (exact) mass is 1700 g/mol. The van der Waals surface area contributed by atoms with Crippen molar-refractivity contribution in [3.05, 3.63) is 412 Å². The molecule has 0 saturated carbocycles. The summed E-state index contributed by atoms with van der Waals surface area (Å²) >= 11 is 3.42. The van der Waals surface area contributed by atoms with Gasteiger partial charge in [-0.15, -0.1) is 0 Å². The van der Waals surface area contributed by atoms with Gasteiger partial charge in [0.1, 0.15) is 46.2 Å². The van der Waals surface area contributed by atoms with E-state index in [-0.39, 0.29) is 45.9 Å². The van der Waals surface area contributed by atoms with E-state index < -0.39 is 23.8 Å². The van der Waals surface area contributed by atoms with Crippen LogP contribution in [0.4, 0.5) is 17.6 Å². The smallest absolute Gasteiger partial charge is 0.223 e. The Morgan fingerprint density at radius 3 is 0.893 bits per heavy atom.